The highest BCUT2D eigenvalue weighted by Gasteiger charge is 2.34. The maximum Gasteiger partial charge on any atom is 0.434 e. The van der Waals surface area contributed by atoms with Crippen molar-refractivity contribution in [3.8, 4) is 5.75 Å². The molecule has 2 N–H and O–H groups in total. The van der Waals surface area contributed by atoms with E-state index in [1.807, 2.05) is 0 Å². The Labute approximate surface area is 127 Å². The van der Waals surface area contributed by atoms with E-state index in [1.54, 1.807) is 18.2 Å². The number of alkyl halides is 3. The summed E-state index contributed by atoms with van der Waals surface area (Å²) in [7, 11) is 0. The molecule has 1 atom stereocenters. The predicted molar refractivity (Wildman–Crippen MR) is 73.9 cm³/mol. The number of phenols is 1. The van der Waals surface area contributed by atoms with E-state index in [0.717, 1.165) is 16.7 Å². The van der Waals surface area contributed by atoms with Crippen molar-refractivity contribution in [2.45, 2.75) is 24.9 Å². The molecule has 1 heterocycles. The summed E-state index contributed by atoms with van der Waals surface area (Å²) in [6.45, 7) is 0. The Morgan fingerprint density at radius 1 is 1.32 bits per heavy atom. The second-order valence-electron chi connectivity index (χ2n) is 4.70. The molecule has 22 heavy (non-hydrogen) atoms. The number of rotatable bonds is 5. The van der Waals surface area contributed by atoms with Crippen LogP contribution in [0.2, 0.25) is 0 Å². The van der Waals surface area contributed by atoms with Crippen LogP contribution in [0.5, 0.6) is 5.75 Å². The first-order chi connectivity index (χ1) is 10.3. The van der Waals surface area contributed by atoms with Crippen LogP contribution in [0, 0.1) is 0 Å². The van der Waals surface area contributed by atoms with Crippen molar-refractivity contribution in [2.24, 2.45) is 0 Å². The van der Waals surface area contributed by atoms with E-state index >= 15 is 0 Å². The van der Waals surface area contributed by atoms with Gasteiger partial charge in [-0.25, -0.2) is 4.98 Å². The number of aliphatic carboxylic acids is 1. The standard InChI is InChI=1S/C14H12F3NO3S/c15-14(16,17)11-7-22-13(18-11)9(6-12(20)21)5-8-3-1-2-4-10(8)19/h1-4,7,9,19H,5-6H2,(H,20,21). The largest absolute Gasteiger partial charge is 0.508 e. The van der Waals surface area contributed by atoms with E-state index in [-0.39, 0.29) is 23.6 Å². The van der Waals surface area contributed by atoms with Crippen LogP contribution < -0.4 is 0 Å². The fourth-order valence-corrected chi connectivity index (χ4v) is 2.94. The Bertz CT molecular complexity index is 669. The number of nitrogens with zero attached hydrogens (tertiary/aromatic N) is 1. The first kappa shape index (κ1) is 16.3. The molecule has 2 rings (SSSR count). The van der Waals surface area contributed by atoms with Gasteiger partial charge in [0.2, 0.25) is 0 Å². The van der Waals surface area contributed by atoms with Gasteiger partial charge in [0.1, 0.15) is 5.75 Å². The summed E-state index contributed by atoms with van der Waals surface area (Å²) in [6.07, 6.45) is -4.82. The number of phenolic OH excluding ortho intramolecular Hbond substituents is 1. The lowest BCUT2D eigenvalue weighted by Gasteiger charge is -2.13. The second-order valence-corrected chi connectivity index (χ2v) is 5.59. The van der Waals surface area contributed by atoms with E-state index in [4.69, 9.17) is 5.11 Å². The van der Waals surface area contributed by atoms with Gasteiger partial charge in [0.15, 0.2) is 5.69 Å². The molecule has 118 valence electrons. The zero-order valence-electron chi connectivity index (χ0n) is 11.2. The van der Waals surface area contributed by atoms with Crippen molar-refractivity contribution in [3.63, 3.8) is 0 Å². The van der Waals surface area contributed by atoms with Crippen molar-refractivity contribution in [1.82, 2.24) is 4.98 Å². The van der Waals surface area contributed by atoms with E-state index in [2.05, 4.69) is 4.98 Å². The summed E-state index contributed by atoms with van der Waals surface area (Å²) in [6, 6.07) is 6.31. The minimum absolute atomic E-state index is 0.0227. The second kappa shape index (κ2) is 6.35. The molecule has 1 aromatic heterocycles. The molecule has 1 unspecified atom stereocenters. The molecule has 0 aliphatic heterocycles. The summed E-state index contributed by atoms with van der Waals surface area (Å²) in [5.41, 5.74) is -0.558. The third-order valence-electron chi connectivity index (χ3n) is 3.04. The molecule has 2 aromatic rings. The van der Waals surface area contributed by atoms with Crippen LogP contribution in [-0.4, -0.2) is 21.2 Å². The fraction of sp³-hybridized carbons (Fsp3) is 0.286. The lowest BCUT2D eigenvalue weighted by Crippen LogP contribution is -2.11. The molecular weight excluding hydrogens is 319 g/mol. The van der Waals surface area contributed by atoms with Crippen molar-refractivity contribution in [3.05, 3.63) is 45.9 Å². The van der Waals surface area contributed by atoms with Gasteiger partial charge in [0.25, 0.3) is 0 Å². The molecule has 1 aromatic carbocycles. The number of halogens is 3. The van der Waals surface area contributed by atoms with E-state index < -0.39 is 23.8 Å². The van der Waals surface area contributed by atoms with Gasteiger partial charge in [-0.3, -0.25) is 4.79 Å². The predicted octanol–water partition coefficient (Wildman–Crippen LogP) is 3.67. The lowest BCUT2D eigenvalue weighted by molar-refractivity contribution is -0.140. The number of carboxylic acids is 1. The highest BCUT2D eigenvalue weighted by atomic mass is 32.1. The molecule has 8 heteroatoms. The van der Waals surface area contributed by atoms with Gasteiger partial charge in [0.05, 0.1) is 11.4 Å². The smallest absolute Gasteiger partial charge is 0.434 e. The Balaban J connectivity index is 2.28. The Hall–Kier alpha value is -2.09. The highest BCUT2D eigenvalue weighted by Crippen LogP contribution is 2.35. The summed E-state index contributed by atoms with van der Waals surface area (Å²) >= 11 is 0.776. The molecule has 0 saturated carbocycles. The van der Waals surface area contributed by atoms with E-state index in [9.17, 15) is 23.1 Å². The molecule has 0 saturated heterocycles. The number of thiazole rings is 1. The van der Waals surface area contributed by atoms with Gasteiger partial charge in [-0.1, -0.05) is 18.2 Å². The van der Waals surface area contributed by atoms with Gasteiger partial charge in [-0.05, 0) is 18.1 Å². The molecular formula is C14H12F3NO3S. The van der Waals surface area contributed by atoms with Gasteiger partial charge < -0.3 is 10.2 Å². The van der Waals surface area contributed by atoms with Gasteiger partial charge in [-0.15, -0.1) is 11.3 Å². The molecule has 0 aliphatic rings. The quantitative estimate of drug-likeness (QED) is 0.877. The number of hydrogen-bond donors (Lipinski definition) is 2. The lowest BCUT2D eigenvalue weighted by atomic mass is 9.96. The molecule has 0 amide bonds. The van der Waals surface area contributed by atoms with Gasteiger partial charge in [0, 0.05) is 11.3 Å². The number of carboxylic acid groups (broad SMARTS) is 1. The summed E-state index contributed by atoms with van der Waals surface area (Å²) < 4.78 is 37.8. The number of carbonyl (C=O) groups is 1. The van der Waals surface area contributed by atoms with Crippen LogP contribution in [0.4, 0.5) is 13.2 Å². The third-order valence-corrected chi connectivity index (χ3v) is 4.05. The van der Waals surface area contributed by atoms with Crippen LogP contribution in [0.25, 0.3) is 0 Å². The number of hydrogen-bond acceptors (Lipinski definition) is 4. The first-order valence-corrected chi connectivity index (χ1v) is 7.16. The summed E-state index contributed by atoms with van der Waals surface area (Å²) in [4.78, 5) is 14.5. The molecule has 0 spiro atoms. The van der Waals surface area contributed by atoms with Crippen molar-refractivity contribution in [1.29, 1.82) is 0 Å². The molecule has 0 fully saturated rings. The van der Waals surface area contributed by atoms with Crippen molar-refractivity contribution < 1.29 is 28.2 Å². The van der Waals surface area contributed by atoms with Crippen molar-refractivity contribution in [2.75, 3.05) is 0 Å². The summed E-state index contributed by atoms with van der Waals surface area (Å²) in [5, 5.41) is 19.6. The maximum absolute atomic E-state index is 12.6. The van der Waals surface area contributed by atoms with E-state index in [1.165, 1.54) is 6.07 Å². The Morgan fingerprint density at radius 2 is 2.00 bits per heavy atom. The fourth-order valence-electron chi connectivity index (χ4n) is 2.01. The Kier molecular flexibility index (Phi) is 4.70. The minimum Gasteiger partial charge on any atom is -0.508 e. The zero-order chi connectivity index (χ0) is 16.3. The SMILES string of the molecule is O=C(O)CC(Cc1ccccc1O)c1nc(C(F)(F)F)cs1. The van der Waals surface area contributed by atoms with E-state index in [0.29, 0.717) is 5.56 Å². The van der Waals surface area contributed by atoms with Crippen molar-refractivity contribution >= 4 is 17.3 Å². The normalized spacial score (nSPS) is 13.0. The average Bonchev–Trinajstić information content (AvgIpc) is 2.89. The topological polar surface area (TPSA) is 70.4 Å². The molecule has 0 bridgehead atoms. The molecule has 0 radical (unpaired) electrons. The Morgan fingerprint density at radius 3 is 2.55 bits per heavy atom. The van der Waals surface area contributed by atoms with Crippen LogP contribution in [0.3, 0.4) is 0 Å². The minimum atomic E-state index is -4.56. The third kappa shape index (κ3) is 3.97. The average molecular weight is 331 g/mol. The number of para-hydroxylation sites is 1. The van der Waals surface area contributed by atoms with Gasteiger partial charge >= 0.3 is 12.1 Å². The monoisotopic (exact) mass is 331 g/mol. The molecule has 0 aliphatic carbocycles. The van der Waals surface area contributed by atoms with Crippen LogP contribution in [0.15, 0.2) is 29.6 Å². The number of benzene rings is 1. The number of aromatic nitrogens is 1. The van der Waals surface area contributed by atoms with Crippen LogP contribution in [-0.2, 0) is 17.4 Å². The molecule has 4 nitrogen and oxygen atoms in total. The zero-order valence-corrected chi connectivity index (χ0v) is 12.0. The van der Waals surface area contributed by atoms with Crippen LogP contribution >= 0.6 is 11.3 Å². The first-order valence-electron chi connectivity index (χ1n) is 6.28. The van der Waals surface area contributed by atoms with Crippen LogP contribution in [0.1, 0.15) is 28.6 Å². The maximum atomic E-state index is 12.6. The highest BCUT2D eigenvalue weighted by molar-refractivity contribution is 7.09. The summed E-state index contributed by atoms with van der Waals surface area (Å²) in [5.74, 6) is -1.89. The van der Waals surface area contributed by atoms with Gasteiger partial charge in [-0.2, -0.15) is 13.2 Å². The number of aromatic hydroxyl groups is 1.